The van der Waals surface area contributed by atoms with Gasteiger partial charge in [-0.15, -0.1) is 0 Å². The maximum Gasteiger partial charge on any atom is 0.260 e. The van der Waals surface area contributed by atoms with Gasteiger partial charge < -0.3 is 4.90 Å². The van der Waals surface area contributed by atoms with E-state index in [1.807, 2.05) is 42.6 Å². The summed E-state index contributed by atoms with van der Waals surface area (Å²) in [5.41, 5.74) is 0.681. The summed E-state index contributed by atoms with van der Waals surface area (Å²) < 4.78 is 0. The number of hydrogen-bond acceptors (Lipinski definition) is 4. The zero-order valence-corrected chi connectivity index (χ0v) is 15.1. The first-order chi connectivity index (χ1) is 11.7. The third-order valence-corrected chi connectivity index (χ3v) is 4.36. The van der Waals surface area contributed by atoms with E-state index in [1.165, 1.54) is 0 Å². The summed E-state index contributed by atoms with van der Waals surface area (Å²) in [4.78, 5) is 23.9. The molecule has 0 aliphatic carbocycles. The van der Waals surface area contributed by atoms with E-state index in [1.54, 1.807) is 4.90 Å². The second kappa shape index (κ2) is 8.64. The standard InChI is InChI=1S/C19H28N4O/c1-5-21(6-2)17-14-15-23(19(20-17)22(7-3)8-4)18(24)16-12-10-9-11-13-16/h9-15,19H,5-8H2,1-4H3. The van der Waals surface area contributed by atoms with Crippen molar-refractivity contribution in [1.29, 1.82) is 0 Å². The van der Waals surface area contributed by atoms with E-state index < -0.39 is 0 Å². The van der Waals surface area contributed by atoms with Crippen LogP contribution in [-0.4, -0.2) is 58.9 Å². The summed E-state index contributed by atoms with van der Waals surface area (Å²) in [7, 11) is 0. The van der Waals surface area contributed by atoms with Crippen LogP contribution in [-0.2, 0) is 0 Å². The fourth-order valence-electron chi connectivity index (χ4n) is 2.89. The molecule has 0 spiro atoms. The molecular formula is C19H28N4O. The average Bonchev–Trinajstić information content (AvgIpc) is 2.64. The lowest BCUT2D eigenvalue weighted by molar-refractivity contribution is 0.0528. The number of aliphatic imine (C=N–C) groups is 1. The maximum atomic E-state index is 12.9. The first-order valence-corrected chi connectivity index (χ1v) is 8.78. The molecular weight excluding hydrogens is 300 g/mol. The highest BCUT2D eigenvalue weighted by molar-refractivity contribution is 5.98. The highest BCUT2D eigenvalue weighted by atomic mass is 16.2. The van der Waals surface area contributed by atoms with Crippen LogP contribution < -0.4 is 0 Å². The quantitative estimate of drug-likeness (QED) is 0.806. The molecule has 0 N–H and O–H groups in total. The van der Waals surface area contributed by atoms with Crippen molar-refractivity contribution in [3.8, 4) is 0 Å². The van der Waals surface area contributed by atoms with Crippen LogP contribution in [0.25, 0.3) is 0 Å². The van der Waals surface area contributed by atoms with Crippen LogP contribution in [0.15, 0.2) is 47.6 Å². The number of hydrogen-bond donors (Lipinski definition) is 0. The first-order valence-electron chi connectivity index (χ1n) is 8.78. The number of rotatable bonds is 6. The Labute approximate surface area is 145 Å². The Bertz CT molecular complexity index is 589. The van der Waals surface area contributed by atoms with Crippen molar-refractivity contribution >= 4 is 11.7 Å². The van der Waals surface area contributed by atoms with Crippen LogP contribution >= 0.6 is 0 Å². The number of likely N-dealkylation sites (N-methyl/N-ethyl adjacent to an activating group) is 1. The van der Waals surface area contributed by atoms with Gasteiger partial charge in [-0.25, -0.2) is 4.99 Å². The Morgan fingerprint density at radius 3 is 2.21 bits per heavy atom. The minimum atomic E-state index is -0.298. The fraction of sp³-hybridized carbons (Fsp3) is 0.474. The van der Waals surface area contributed by atoms with Crippen LogP contribution in [0.4, 0.5) is 0 Å². The molecule has 5 heteroatoms. The lowest BCUT2D eigenvalue weighted by atomic mass is 10.2. The molecule has 1 heterocycles. The monoisotopic (exact) mass is 328 g/mol. The van der Waals surface area contributed by atoms with E-state index in [4.69, 9.17) is 4.99 Å². The Morgan fingerprint density at radius 2 is 1.67 bits per heavy atom. The van der Waals surface area contributed by atoms with E-state index in [0.29, 0.717) is 5.56 Å². The van der Waals surface area contributed by atoms with Crippen molar-refractivity contribution < 1.29 is 4.79 Å². The number of carbonyl (C=O) groups excluding carboxylic acids is 1. The van der Waals surface area contributed by atoms with Gasteiger partial charge >= 0.3 is 0 Å². The number of carbonyl (C=O) groups is 1. The Kier molecular flexibility index (Phi) is 6.55. The molecule has 24 heavy (non-hydrogen) atoms. The molecule has 0 fully saturated rings. The average molecular weight is 328 g/mol. The molecule has 2 rings (SSSR count). The summed E-state index contributed by atoms with van der Waals surface area (Å²) in [6.07, 6.45) is 3.51. The van der Waals surface area contributed by atoms with E-state index in [-0.39, 0.29) is 12.2 Å². The molecule has 1 amide bonds. The first kappa shape index (κ1) is 18.2. The van der Waals surface area contributed by atoms with Crippen molar-refractivity contribution in [2.75, 3.05) is 26.2 Å². The predicted molar refractivity (Wildman–Crippen MR) is 98.8 cm³/mol. The molecule has 1 aromatic rings. The van der Waals surface area contributed by atoms with Crippen LogP contribution in [0.1, 0.15) is 38.1 Å². The minimum absolute atomic E-state index is 0.0221. The van der Waals surface area contributed by atoms with Gasteiger partial charge in [0.2, 0.25) is 0 Å². The van der Waals surface area contributed by atoms with Gasteiger partial charge in [-0.3, -0.25) is 14.6 Å². The summed E-state index contributed by atoms with van der Waals surface area (Å²) in [6, 6.07) is 9.38. The zero-order chi connectivity index (χ0) is 17.5. The summed E-state index contributed by atoms with van der Waals surface area (Å²) in [5.74, 6) is 0.917. The second-order valence-electron chi connectivity index (χ2n) is 5.62. The normalized spacial score (nSPS) is 17.1. The molecule has 1 aliphatic heterocycles. The van der Waals surface area contributed by atoms with Crippen LogP contribution in [0.3, 0.4) is 0 Å². The molecule has 1 aliphatic rings. The Hall–Kier alpha value is -2.14. The summed E-state index contributed by atoms with van der Waals surface area (Å²) in [5, 5.41) is 0. The lowest BCUT2D eigenvalue weighted by Gasteiger charge is -2.38. The number of amidine groups is 1. The summed E-state index contributed by atoms with van der Waals surface area (Å²) >= 11 is 0. The van der Waals surface area contributed by atoms with E-state index in [2.05, 4.69) is 37.5 Å². The zero-order valence-electron chi connectivity index (χ0n) is 15.1. The molecule has 1 unspecified atom stereocenters. The van der Waals surface area contributed by atoms with Gasteiger partial charge in [0.05, 0.1) is 0 Å². The third-order valence-electron chi connectivity index (χ3n) is 4.36. The molecule has 1 aromatic carbocycles. The molecule has 0 aromatic heterocycles. The van der Waals surface area contributed by atoms with Crippen molar-refractivity contribution in [3.63, 3.8) is 0 Å². The highest BCUT2D eigenvalue weighted by Crippen LogP contribution is 2.18. The van der Waals surface area contributed by atoms with Crippen molar-refractivity contribution in [3.05, 3.63) is 48.2 Å². The fourth-order valence-corrected chi connectivity index (χ4v) is 2.89. The highest BCUT2D eigenvalue weighted by Gasteiger charge is 2.29. The van der Waals surface area contributed by atoms with Crippen molar-refractivity contribution in [2.24, 2.45) is 4.99 Å². The van der Waals surface area contributed by atoms with Crippen LogP contribution in [0, 0.1) is 0 Å². The van der Waals surface area contributed by atoms with E-state index in [0.717, 1.165) is 32.0 Å². The molecule has 130 valence electrons. The van der Waals surface area contributed by atoms with Crippen LogP contribution in [0.5, 0.6) is 0 Å². The van der Waals surface area contributed by atoms with Gasteiger partial charge in [0, 0.05) is 24.9 Å². The smallest absolute Gasteiger partial charge is 0.260 e. The largest absolute Gasteiger partial charge is 0.357 e. The lowest BCUT2D eigenvalue weighted by Crippen LogP contribution is -2.50. The van der Waals surface area contributed by atoms with Gasteiger partial charge in [0.25, 0.3) is 5.91 Å². The van der Waals surface area contributed by atoms with Gasteiger partial charge in [-0.1, -0.05) is 32.0 Å². The molecule has 0 radical (unpaired) electrons. The SMILES string of the molecule is CCN(CC)C1=NC(N(CC)CC)N(C(=O)c2ccccc2)C=C1. The Balaban J connectivity index is 2.34. The van der Waals surface area contributed by atoms with Gasteiger partial charge in [-0.05, 0) is 45.1 Å². The topological polar surface area (TPSA) is 39.1 Å². The van der Waals surface area contributed by atoms with Gasteiger partial charge in [0.15, 0.2) is 6.29 Å². The molecule has 0 saturated heterocycles. The third kappa shape index (κ3) is 3.85. The second-order valence-corrected chi connectivity index (χ2v) is 5.62. The molecule has 1 atom stereocenters. The maximum absolute atomic E-state index is 12.9. The summed E-state index contributed by atoms with van der Waals surface area (Å²) in [6.45, 7) is 11.9. The Morgan fingerprint density at radius 1 is 1.04 bits per heavy atom. The van der Waals surface area contributed by atoms with Crippen molar-refractivity contribution in [2.45, 2.75) is 34.0 Å². The number of amides is 1. The number of nitrogens with zero attached hydrogens (tertiary/aromatic N) is 4. The van der Waals surface area contributed by atoms with E-state index in [9.17, 15) is 4.79 Å². The van der Waals surface area contributed by atoms with Gasteiger partial charge in [-0.2, -0.15) is 0 Å². The molecule has 0 saturated carbocycles. The minimum Gasteiger partial charge on any atom is -0.357 e. The van der Waals surface area contributed by atoms with Gasteiger partial charge in [0.1, 0.15) is 5.84 Å². The van der Waals surface area contributed by atoms with Crippen LogP contribution in [0.2, 0.25) is 0 Å². The number of benzene rings is 1. The molecule has 5 nitrogen and oxygen atoms in total. The molecule has 0 bridgehead atoms. The van der Waals surface area contributed by atoms with Crippen molar-refractivity contribution in [1.82, 2.24) is 14.7 Å². The predicted octanol–water partition coefficient (Wildman–Crippen LogP) is 3.02. The van der Waals surface area contributed by atoms with E-state index >= 15 is 0 Å².